The molecule has 5 nitrogen and oxygen atoms in total. The van der Waals surface area contributed by atoms with Crippen LogP contribution in [0, 0.1) is 0 Å². The fraction of sp³-hybridized carbons (Fsp3) is 0.400. The standard InChI is InChI=1S/C20H25ClN4O/c1-2-24-8-10-25(11-9-24)19-13-17(14-22-15-19)20(26)23-7-6-16-4-3-5-18(21)12-16/h3-5,12-15H,2,6-11H2,1H3,(H,23,26). The minimum Gasteiger partial charge on any atom is -0.368 e. The molecule has 0 radical (unpaired) electrons. The normalized spacial score (nSPS) is 15.1. The van der Waals surface area contributed by atoms with Crippen molar-refractivity contribution in [2.45, 2.75) is 13.3 Å². The van der Waals surface area contributed by atoms with Crippen LogP contribution in [0.25, 0.3) is 0 Å². The Morgan fingerprint density at radius 1 is 1.19 bits per heavy atom. The van der Waals surface area contributed by atoms with Crippen LogP contribution in [-0.2, 0) is 6.42 Å². The van der Waals surface area contributed by atoms with E-state index in [9.17, 15) is 4.79 Å². The van der Waals surface area contributed by atoms with Gasteiger partial charge >= 0.3 is 0 Å². The Morgan fingerprint density at radius 2 is 2.00 bits per heavy atom. The van der Waals surface area contributed by atoms with Crippen LogP contribution in [0.15, 0.2) is 42.7 Å². The van der Waals surface area contributed by atoms with E-state index < -0.39 is 0 Å². The molecule has 1 saturated heterocycles. The second-order valence-corrected chi connectivity index (χ2v) is 6.93. The van der Waals surface area contributed by atoms with Crippen LogP contribution in [0.4, 0.5) is 5.69 Å². The average Bonchev–Trinajstić information content (AvgIpc) is 2.68. The highest BCUT2D eigenvalue weighted by molar-refractivity contribution is 6.30. The van der Waals surface area contributed by atoms with Gasteiger partial charge in [-0.1, -0.05) is 30.7 Å². The maximum atomic E-state index is 12.4. The van der Waals surface area contributed by atoms with E-state index in [-0.39, 0.29) is 5.91 Å². The van der Waals surface area contributed by atoms with Crippen LogP contribution in [0.1, 0.15) is 22.8 Å². The molecule has 0 saturated carbocycles. The number of hydrogen-bond acceptors (Lipinski definition) is 4. The molecule has 2 heterocycles. The molecule has 1 aliphatic heterocycles. The van der Waals surface area contributed by atoms with Gasteiger partial charge in [-0.05, 0) is 36.7 Å². The average molecular weight is 373 g/mol. The smallest absolute Gasteiger partial charge is 0.252 e. The second-order valence-electron chi connectivity index (χ2n) is 6.49. The summed E-state index contributed by atoms with van der Waals surface area (Å²) >= 11 is 5.99. The fourth-order valence-electron chi connectivity index (χ4n) is 3.16. The van der Waals surface area contributed by atoms with E-state index in [4.69, 9.17) is 11.6 Å². The van der Waals surface area contributed by atoms with Crippen molar-refractivity contribution < 1.29 is 4.79 Å². The Balaban J connectivity index is 1.54. The van der Waals surface area contributed by atoms with Crippen LogP contribution in [0.5, 0.6) is 0 Å². The summed E-state index contributed by atoms with van der Waals surface area (Å²) in [6.45, 7) is 7.87. The van der Waals surface area contributed by atoms with Crippen molar-refractivity contribution in [3.63, 3.8) is 0 Å². The summed E-state index contributed by atoms with van der Waals surface area (Å²) in [7, 11) is 0. The minimum atomic E-state index is -0.0893. The van der Waals surface area contributed by atoms with Gasteiger partial charge in [-0.25, -0.2) is 0 Å². The Labute approximate surface area is 160 Å². The molecular formula is C20H25ClN4O. The number of aromatic nitrogens is 1. The molecule has 0 bridgehead atoms. The first-order chi connectivity index (χ1) is 12.7. The van der Waals surface area contributed by atoms with E-state index in [0.29, 0.717) is 17.1 Å². The van der Waals surface area contributed by atoms with Crippen LogP contribution in [-0.4, -0.2) is 55.1 Å². The summed E-state index contributed by atoms with van der Waals surface area (Å²) in [5.74, 6) is -0.0893. The number of amides is 1. The number of nitrogens with zero attached hydrogens (tertiary/aromatic N) is 3. The van der Waals surface area contributed by atoms with Gasteiger partial charge in [-0.2, -0.15) is 0 Å². The lowest BCUT2D eigenvalue weighted by Crippen LogP contribution is -2.46. The van der Waals surface area contributed by atoms with E-state index in [1.54, 1.807) is 6.20 Å². The first kappa shape index (κ1) is 18.7. The van der Waals surface area contributed by atoms with Gasteiger partial charge in [-0.15, -0.1) is 0 Å². The number of pyridine rings is 1. The van der Waals surface area contributed by atoms with Gasteiger partial charge in [0.2, 0.25) is 0 Å². The number of piperazine rings is 1. The lowest BCUT2D eigenvalue weighted by Gasteiger charge is -2.35. The number of nitrogens with one attached hydrogen (secondary N) is 1. The zero-order chi connectivity index (χ0) is 18.4. The van der Waals surface area contributed by atoms with Crippen molar-refractivity contribution in [2.24, 2.45) is 0 Å². The topological polar surface area (TPSA) is 48.5 Å². The SMILES string of the molecule is CCN1CCN(c2cncc(C(=O)NCCc3cccc(Cl)c3)c2)CC1. The van der Waals surface area contributed by atoms with Gasteiger partial charge in [0.1, 0.15) is 0 Å². The van der Waals surface area contributed by atoms with E-state index in [0.717, 1.165) is 50.4 Å². The van der Waals surface area contributed by atoms with Crippen LogP contribution in [0.2, 0.25) is 5.02 Å². The molecule has 1 aliphatic rings. The van der Waals surface area contributed by atoms with Crippen LogP contribution < -0.4 is 10.2 Å². The molecule has 26 heavy (non-hydrogen) atoms. The van der Waals surface area contributed by atoms with E-state index >= 15 is 0 Å². The number of rotatable bonds is 6. The zero-order valence-corrected chi connectivity index (χ0v) is 15.9. The van der Waals surface area contributed by atoms with E-state index in [2.05, 4.69) is 27.0 Å². The third-order valence-electron chi connectivity index (χ3n) is 4.76. The predicted molar refractivity (Wildman–Crippen MR) is 106 cm³/mol. The number of carbonyl (C=O) groups is 1. The molecule has 3 rings (SSSR count). The van der Waals surface area contributed by atoms with Crippen molar-refractivity contribution in [2.75, 3.05) is 44.2 Å². The highest BCUT2D eigenvalue weighted by Crippen LogP contribution is 2.17. The predicted octanol–water partition coefficient (Wildman–Crippen LogP) is 2.85. The monoisotopic (exact) mass is 372 g/mol. The summed E-state index contributed by atoms with van der Waals surface area (Å²) < 4.78 is 0. The maximum absolute atomic E-state index is 12.4. The second kappa shape index (κ2) is 9.01. The molecule has 6 heteroatoms. The molecule has 1 aromatic heterocycles. The first-order valence-corrected chi connectivity index (χ1v) is 9.48. The lowest BCUT2D eigenvalue weighted by atomic mass is 10.1. The molecule has 1 N–H and O–H groups in total. The summed E-state index contributed by atoms with van der Waals surface area (Å²) in [5.41, 5.74) is 2.73. The minimum absolute atomic E-state index is 0.0893. The van der Waals surface area contributed by atoms with Gasteiger partial charge in [0.15, 0.2) is 0 Å². The fourth-order valence-corrected chi connectivity index (χ4v) is 3.37. The molecule has 0 aliphatic carbocycles. The van der Waals surface area contributed by atoms with E-state index in [1.807, 2.05) is 36.5 Å². The Kier molecular flexibility index (Phi) is 6.47. The molecule has 0 unspecified atom stereocenters. The largest absolute Gasteiger partial charge is 0.368 e. The number of carbonyl (C=O) groups excluding carboxylic acids is 1. The Bertz CT molecular complexity index is 744. The Hall–Kier alpha value is -2.11. The first-order valence-electron chi connectivity index (χ1n) is 9.10. The summed E-state index contributed by atoms with van der Waals surface area (Å²) in [6.07, 6.45) is 4.21. The molecule has 1 aromatic carbocycles. The van der Waals surface area contributed by atoms with Crippen molar-refractivity contribution in [1.29, 1.82) is 0 Å². The number of halogens is 1. The van der Waals surface area contributed by atoms with Gasteiger partial charge < -0.3 is 15.1 Å². The highest BCUT2D eigenvalue weighted by atomic mass is 35.5. The van der Waals surface area contributed by atoms with Crippen molar-refractivity contribution in [1.82, 2.24) is 15.2 Å². The van der Waals surface area contributed by atoms with Crippen molar-refractivity contribution in [3.05, 3.63) is 58.9 Å². The molecule has 138 valence electrons. The van der Waals surface area contributed by atoms with Crippen LogP contribution in [0.3, 0.4) is 0 Å². The molecule has 1 amide bonds. The van der Waals surface area contributed by atoms with Gasteiger partial charge in [0.05, 0.1) is 17.4 Å². The highest BCUT2D eigenvalue weighted by Gasteiger charge is 2.17. The Morgan fingerprint density at radius 3 is 2.73 bits per heavy atom. The van der Waals surface area contributed by atoms with Crippen molar-refractivity contribution in [3.8, 4) is 0 Å². The molecule has 2 aromatic rings. The zero-order valence-electron chi connectivity index (χ0n) is 15.1. The number of anilines is 1. The third-order valence-corrected chi connectivity index (χ3v) is 4.99. The number of likely N-dealkylation sites (N-methyl/N-ethyl adjacent to an activating group) is 1. The van der Waals surface area contributed by atoms with Gasteiger partial charge in [0.25, 0.3) is 5.91 Å². The van der Waals surface area contributed by atoms with Crippen molar-refractivity contribution >= 4 is 23.2 Å². The number of benzene rings is 1. The summed E-state index contributed by atoms with van der Waals surface area (Å²) in [6, 6.07) is 9.64. The summed E-state index contributed by atoms with van der Waals surface area (Å²) in [4.78, 5) is 21.4. The number of hydrogen-bond donors (Lipinski definition) is 1. The van der Waals surface area contributed by atoms with Gasteiger partial charge in [0, 0.05) is 43.9 Å². The summed E-state index contributed by atoms with van der Waals surface area (Å²) in [5, 5.41) is 3.68. The maximum Gasteiger partial charge on any atom is 0.252 e. The molecular weight excluding hydrogens is 348 g/mol. The quantitative estimate of drug-likeness (QED) is 0.847. The third kappa shape index (κ3) is 4.96. The van der Waals surface area contributed by atoms with Crippen LogP contribution >= 0.6 is 11.6 Å². The van der Waals surface area contributed by atoms with Gasteiger partial charge in [-0.3, -0.25) is 9.78 Å². The molecule has 0 spiro atoms. The van der Waals surface area contributed by atoms with E-state index in [1.165, 1.54) is 0 Å². The molecule has 1 fully saturated rings. The lowest BCUT2D eigenvalue weighted by molar-refractivity contribution is 0.0954. The molecule has 0 atom stereocenters.